The van der Waals surface area contributed by atoms with Crippen LogP contribution in [0.2, 0.25) is 0 Å². The molecular formula is C20H22N4OS. The van der Waals surface area contributed by atoms with Crippen molar-refractivity contribution in [2.75, 3.05) is 7.05 Å². The largest absolute Gasteiger partial charge is 0.335 e. The summed E-state index contributed by atoms with van der Waals surface area (Å²) in [6, 6.07) is 7.64. The second-order valence-corrected chi connectivity index (χ2v) is 7.95. The van der Waals surface area contributed by atoms with E-state index in [0.717, 1.165) is 29.2 Å². The third kappa shape index (κ3) is 3.29. The highest BCUT2D eigenvalue weighted by atomic mass is 32.1. The van der Waals surface area contributed by atoms with Crippen LogP contribution in [0.1, 0.15) is 38.8 Å². The Balaban J connectivity index is 1.46. The molecule has 0 saturated carbocycles. The third-order valence-electron chi connectivity index (χ3n) is 4.82. The smallest absolute Gasteiger partial charge is 0.253 e. The lowest BCUT2D eigenvalue weighted by Crippen LogP contribution is -2.26. The van der Waals surface area contributed by atoms with Crippen molar-refractivity contribution in [1.29, 1.82) is 0 Å². The van der Waals surface area contributed by atoms with Gasteiger partial charge in [-0.1, -0.05) is 12.1 Å². The zero-order valence-electron chi connectivity index (χ0n) is 15.1. The molecule has 0 saturated heterocycles. The zero-order chi connectivity index (χ0) is 18.1. The number of imidazole rings is 1. The van der Waals surface area contributed by atoms with Crippen LogP contribution in [0.5, 0.6) is 0 Å². The first-order valence-corrected chi connectivity index (χ1v) is 9.74. The van der Waals surface area contributed by atoms with E-state index in [2.05, 4.69) is 4.98 Å². The van der Waals surface area contributed by atoms with Gasteiger partial charge in [-0.3, -0.25) is 4.79 Å². The summed E-state index contributed by atoms with van der Waals surface area (Å²) in [6.45, 7) is 0.567. The third-order valence-corrected chi connectivity index (χ3v) is 5.96. The highest BCUT2D eigenvalue weighted by Gasteiger charge is 2.18. The molecule has 5 nitrogen and oxygen atoms in total. The van der Waals surface area contributed by atoms with Gasteiger partial charge < -0.3 is 9.47 Å². The molecule has 0 N–H and O–H groups in total. The first-order valence-electron chi connectivity index (χ1n) is 8.92. The number of thiazole rings is 1. The van der Waals surface area contributed by atoms with Gasteiger partial charge in [0.25, 0.3) is 5.91 Å². The van der Waals surface area contributed by atoms with Gasteiger partial charge in [0.05, 0.1) is 12.2 Å². The second-order valence-electron chi connectivity index (χ2n) is 6.78. The van der Waals surface area contributed by atoms with Gasteiger partial charge in [-0.05, 0) is 37.8 Å². The number of benzene rings is 1. The van der Waals surface area contributed by atoms with E-state index in [0.29, 0.717) is 12.1 Å². The Hall–Kier alpha value is -2.47. The maximum atomic E-state index is 12.7. The maximum Gasteiger partial charge on any atom is 0.253 e. The molecule has 0 aliphatic heterocycles. The van der Waals surface area contributed by atoms with Crippen LogP contribution in [-0.4, -0.2) is 32.4 Å². The van der Waals surface area contributed by atoms with E-state index in [4.69, 9.17) is 4.98 Å². The van der Waals surface area contributed by atoms with Crippen LogP contribution in [0.4, 0.5) is 0 Å². The highest BCUT2D eigenvalue weighted by Crippen LogP contribution is 2.27. The van der Waals surface area contributed by atoms with E-state index in [9.17, 15) is 4.79 Å². The number of fused-ring (bicyclic) bond motifs is 1. The number of aromatic nitrogens is 3. The molecule has 1 aliphatic rings. The molecule has 0 unspecified atom stereocenters. The van der Waals surface area contributed by atoms with Crippen LogP contribution in [0.25, 0.3) is 11.4 Å². The van der Waals surface area contributed by atoms with Gasteiger partial charge >= 0.3 is 0 Å². The molecule has 0 radical (unpaired) electrons. The normalized spacial score (nSPS) is 13.5. The number of hydrogen-bond donors (Lipinski definition) is 0. The van der Waals surface area contributed by atoms with Crippen molar-refractivity contribution in [3.05, 3.63) is 57.8 Å². The minimum absolute atomic E-state index is 0.0181. The van der Waals surface area contributed by atoms with Gasteiger partial charge in [0.1, 0.15) is 10.8 Å². The Morgan fingerprint density at radius 2 is 2.00 bits per heavy atom. The Kier molecular flexibility index (Phi) is 4.59. The van der Waals surface area contributed by atoms with Crippen molar-refractivity contribution in [2.24, 2.45) is 7.05 Å². The topological polar surface area (TPSA) is 51.0 Å². The lowest BCUT2D eigenvalue weighted by atomic mass is 10.0. The van der Waals surface area contributed by atoms with Crippen LogP contribution in [0, 0.1) is 0 Å². The predicted octanol–water partition coefficient (Wildman–Crippen LogP) is 3.69. The maximum absolute atomic E-state index is 12.7. The first kappa shape index (κ1) is 17.0. The van der Waals surface area contributed by atoms with Crippen molar-refractivity contribution in [3.8, 4) is 11.4 Å². The quantitative estimate of drug-likeness (QED) is 0.707. The monoisotopic (exact) mass is 366 g/mol. The van der Waals surface area contributed by atoms with Gasteiger partial charge in [-0.25, -0.2) is 9.97 Å². The number of aryl methyl sites for hydroxylation is 3. The summed E-state index contributed by atoms with van der Waals surface area (Å²) < 4.78 is 1.97. The number of rotatable bonds is 4. The van der Waals surface area contributed by atoms with Crippen LogP contribution >= 0.6 is 11.3 Å². The minimum Gasteiger partial charge on any atom is -0.335 e. The Morgan fingerprint density at radius 1 is 1.23 bits per heavy atom. The molecule has 3 aromatic rings. The van der Waals surface area contributed by atoms with Gasteiger partial charge in [-0.15, -0.1) is 11.3 Å². The number of hydrogen-bond acceptors (Lipinski definition) is 4. The van der Waals surface area contributed by atoms with Crippen molar-refractivity contribution in [2.45, 2.75) is 32.2 Å². The van der Waals surface area contributed by atoms with E-state index in [1.807, 2.05) is 49.1 Å². The molecule has 134 valence electrons. The van der Waals surface area contributed by atoms with E-state index < -0.39 is 0 Å². The number of nitrogens with zero attached hydrogens (tertiary/aromatic N) is 4. The number of carbonyl (C=O) groups excluding carboxylic acids is 1. The number of amides is 1. The molecule has 1 aromatic carbocycles. The van der Waals surface area contributed by atoms with Crippen LogP contribution < -0.4 is 0 Å². The molecule has 0 atom stereocenters. The fourth-order valence-electron chi connectivity index (χ4n) is 3.37. The molecule has 2 aromatic heterocycles. The summed E-state index contributed by atoms with van der Waals surface area (Å²) in [7, 11) is 3.80. The molecule has 0 spiro atoms. The first-order chi connectivity index (χ1) is 12.6. The summed E-state index contributed by atoms with van der Waals surface area (Å²) in [5.41, 5.74) is 2.94. The molecule has 1 aliphatic carbocycles. The molecule has 1 amide bonds. The second kappa shape index (κ2) is 7.03. The summed E-state index contributed by atoms with van der Waals surface area (Å²) in [4.78, 5) is 25.0. The SMILES string of the molecule is CN(Cc1nc2c(s1)CCCC2)C(=O)c1ccc(-c2nccn2C)cc1. The van der Waals surface area contributed by atoms with Crippen molar-refractivity contribution >= 4 is 17.2 Å². The Bertz CT molecular complexity index is 902. The van der Waals surface area contributed by atoms with Crippen molar-refractivity contribution < 1.29 is 4.79 Å². The summed E-state index contributed by atoms with van der Waals surface area (Å²) in [5, 5.41) is 1.04. The fourth-order valence-corrected chi connectivity index (χ4v) is 4.58. The molecule has 6 heteroatoms. The zero-order valence-corrected chi connectivity index (χ0v) is 15.9. The standard InChI is InChI=1S/C20H22N4OS/c1-23-12-11-21-19(23)14-7-9-15(10-8-14)20(25)24(2)13-18-22-16-5-3-4-6-17(16)26-18/h7-12H,3-6,13H2,1-2H3. The molecule has 4 rings (SSSR count). The van der Waals surface area contributed by atoms with Gasteiger partial charge in [0.15, 0.2) is 0 Å². The summed E-state index contributed by atoms with van der Waals surface area (Å²) >= 11 is 1.76. The van der Waals surface area contributed by atoms with Gasteiger partial charge in [-0.2, -0.15) is 0 Å². The van der Waals surface area contributed by atoms with E-state index >= 15 is 0 Å². The average molecular weight is 366 g/mol. The lowest BCUT2D eigenvalue weighted by molar-refractivity contribution is 0.0785. The van der Waals surface area contributed by atoms with E-state index in [1.54, 1.807) is 22.4 Å². The highest BCUT2D eigenvalue weighted by molar-refractivity contribution is 7.11. The van der Waals surface area contributed by atoms with Crippen molar-refractivity contribution in [3.63, 3.8) is 0 Å². The lowest BCUT2D eigenvalue weighted by Gasteiger charge is -2.16. The summed E-state index contributed by atoms with van der Waals surface area (Å²) in [5.74, 6) is 0.912. The van der Waals surface area contributed by atoms with Gasteiger partial charge in [0.2, 0.25) is 0 Å². The Morgan fingerprint density at radius 3 is 2.69 bits per heavy atom. The molecule has 26 heavy (non-hydrogen) atoms. The Labute approximate surface area is 157 Å². The van der Waals surface area contributed by atoms with Gasteiger partial charge in [0, 0.05) is 42.5 Å². The number of carbonyl (C=O) groups is 1. The molecular weight excluding hydrogens is 344 g/mol. The van der Waals surface area contributed by atoms with E-state index in [-0.39, 0.29) is 5.91 Å². The molecule has 0 bridgehead atoms. The van der Waals surface area contributed by atoms with Crippen molar-refractivity contribution in [1.82, 2.24) is 19.4 Å². The van der Waals surface area contributed by atoms with Crippen LogP contribution in [-0.2, 0) is 26.4 Å². The van der Waals surface area contributed by atoms with Crippen LogP contribution in [0.15, 0.2) is 36.7 Å². The average Bonchev–Trinajstić information content (AvgIpc) is 3.26. The fraction of sp³-hybridized carbons (Fsp3) is 0.350. The predicted molar refractivity (Wildman–Crippen MR) is 103 cm³/mol. The minimum atomic E-state index is 0.0181. The molecule has 2 heterocycles. The van der Waals surface area contributed by atoms with Crippen LogP contribution in [0.3, 0.4) is 0 Å². The van der Waals surface area contributed by atoms with E-state index in [1.165, 1.54) is 23.4 Å². The molecule has 0 fully saturated rings. The summed E-state index contributed by atoms with van der Waals surface area (Å²) in [6.07, 6.45) is 8.39.